The van der Waals surface area contributed by atoms with E-state index in [1.807, 2.05) is 17.0 Å². The van der Waals surface area contributed by atoms with Crippen molar-refractivity contribution in [2.75, 3.05) is 25.4 Å². The van der Waals surface area contributed by atoms with Gasteiger partial charge in [0.25, 0.3) is 5.91 Å². The fourth-order valence-corrected chi connectivity index (χ4v) is 2.35. The van der Waals surface area contributed by atoms with Crippen LogP contribution in [0.5, 0.6) is 5.75 Å². The van der Waals surface area contributed by atoms with E-state index in [1.165, 1.54) is 25.7 Å². The van der Waals surface area contributed by atoms with E-state index in [0.29, 0.717) is 11.4 Å². The van der Waals surface area contributed by atoms with Gasteiger partial charge >= 0.3 is 0 Å². The summed E-state index contributed by atoms with van der Waals surface area (Å²) in [5, 5.41) is 0. The minimum absolute atomic E-state index is 0.0899. The lowest BCUT2D eigenvalue weighted by molar-refractivity contribution is -0.133. The number of nitrogens with two attached hydrogens (primary N) is 1. The molecule has 1 aromatic carbocycles. The van der Waals surface area contributed by atoms with Crippen LogP contribution in [0, 0.1) is 11.8 Å². The van der Waals surface area contributed by atoms with Gasteiger partial charge in [0.2, 0.25) is 0 Å². The molecular formula is C16H22N2O2. The highest BCUT2D eigenvalue weighted by Crippen LogP contribution is 2.33. The minimum Gasteiger partial charge on any atom is -0.482 e. The number of anilines is 1. The van der Waals surface area contributed by atoms with Crippen molar-refractivity contribution in [1.29, 1.82) is 0 Å². The van der Waals surface area contributed by atoms with Crippen molar-refractivity contribution in [3.63, 3.8) is 0 Å². The van der Waals surface area contributed by atoms with E-state index < -0.39 is 0 Å². The molecule has 2 aliphatic rings. The number of para-hydroxylation sites is 2. The monoisotopic (exact) mass is 274 g/mol. The summed E-state index contributed by atoms with van der Waals surface area (Å²) in [5.74, 6) is 2.13. The van der Waals surface area contributed by atoms with E-state index in [-0.39, 0.29) is 12.5 Å². The number of nitrogens with zero attached hydrogens (tertiary/aromatic N) is 1. The third kappa shape index (κ3) is 3.65. The molecule has 2 N–H and O–H groups in total. The first-order chi connectivity index (χ1) is 9.72. The summed E-state index contributed by atoms with van der Waals surface area (Å²) in [7, 11) is 0. The van der Waals surface area contributed by atoms with Gasteiger partial charge < -0.3 is 15.4 Å². The van der Waals surface area contributed by atoms with Gasteiger partial charge in [-0.1, -0.05) is 12.1 Å². The smallest absolute Gasteiger partial charge is 0.260 e. The molecule has 1 aromatic rings. The number of rotatable bonds is 7. The molecular weight excluding hydrogens is 252 g/mol. The summed E-state index contributed by atoms with van der Waals surface area (Å²) < 4.78 is 5.57. The van der Waals surface area contributed by atoms with Gasteiger partial charge in [-0.25, -0.2) is 0 Å². The molecule has 108 valence electrons. The van der Waals surface area contributed by atoms with Crippen LogP contribution < -0.4 is 10.5 Å². The largest absolute Gasteiger partial charge is 0.482 e. The molecule has 0 heterocycles. The van der Waals surface area contributed by atoms with Crippen LogP contribution in [-0.2, 0) is 4.79 Å². The highest BCUT2D eigenvalue weighted by atomic mass is 16.5. The fraction of sp³-hybridized carbons (Fsp3) is 0.562. The number of benzene rings is 1. The molecule has 0 aromatic heterocycles. The summed E-state index contributed by atoms with van der Waals surface area (Å²) in [5.41, 5.74) is 6.39. The van der Waals surface area contributed by atoms with E-state index in [1.54, 1.807) is 12.1 Å². The molecule has 0 aliphatic heterocycles. The first kappa shape index (κ1) is 13.3. The molecule has 0 unspecified atom stereocenters. The van der Waals surface area contributed by atoms with Gasteiger partial charge in [-0.3, -0.25) is 4.79 Å². The van der Waals surface area contributed by atoms with Gasteiger partial charge in [0.05, 0.1) is 5.69 Å². The third-order valence-corrected chi connectivity index (χ3v) is 3.97. The molecule has 0 saturated heterocycles. The SMILES string of the molecule is Nc1ccccc1OCC(=O)N(CC1CC1)CC1CC1. The van der Waals surface area contributed by atoms with Gasteiger partial charge in [-0.05, 0) is 49.7 Å². The number of carbonyl (C=O) groups excluding carboxylic acids is 1. The minimum atomic E-state index is 0.0899. The average Bonchev–Trinajstić information content (AvgIpc) is 3.32. The Morgan fingerprint density at radius 1 is 1.15 bits per heavy atom. The van der Waals surface area contributed by atoms with Crippen molar-refractivity contribution in [3.05, 3.63) is 24.3 Å². The zero-order chi connectivity index (χ0) is 13.9. The fourth-order valence-electron chi connectivity index (χ4n) is 2.35. The highest BCUT2D eigenvalue weighted by Gasteiger charge is 2.31. The molecule has 0 atom stereocenters. The number of hydrogen-bond acceptors (Lipinski definition) is 3. The molecule has 2 fully saturated rings. The van der Waals surface area contributed by atoms with E-state index in [4.69, 9.17) is 10.5 Å². The summed E-state index contributed by atoms with van der Waals surface area (Å²) in [6, 6.07) is 7.31. The Morgan fingerprint density at radius 3 is 2.30 bits per heavy atom. The Balaban J connectivity index is 1.53. The van der Waals surface area contributed by atoms with Crippen LogP contribution in [0.2, 0.25) is 0 Å². The second-order valence-corrected chi connectivity index (χ2v) is 6.01. The van der Waals surface area contributed by atoms with E-state index in [0.717, 1.165) is 24.9 Å². The predicted molar refractivity (Wildman–Crippen MR) is 78.4 cm³/mol. The number of hydrogen-bond donors (Lipinski definition) is 1. The van der Waals surface area contributed by atoms with Gasteiger partial charge in [0.15, 0.2) is 6.61 Å². The zero-order valence-electron chi connectivity index (χ0n) is 11.8. The van der Waals surface area contributed by atoms with Crippen molar-refractivity contribution in [2.24, 2.45) is 11.8 Å². The normalized spacial score (nSPS) is 17.8. The number of nitrogen functional groups attached to an aromatic ring is 1. The van der Waals surface area contributed by atoms with Crippen molar-refractivity contribution >= 4 is 11.6 Å². The number of ether oxygens (including phenoxy) is 1. The maximum absolute atomic E-state index is 12.3. The van der Waals surface area contributed by atoms with Crippen LogP contribution in [0.4, 0.5) is 5.69 Å². The summed E-state index contributed by atoms with van der Waals surface area (Å²) >= 11 is 0. The van der Waals surface area contributed by atoms with Crippen LogP contribution in [0.15, 0.2) is 24.3 Å². The third-order valence-electron chi connectivity index (χ3n) is 3.97. The maximum atomic E-state index is 12.3. The second-order valence-electron chi connectivity index (χ2n) is 6.01. The number of amides is 1. The summed E-state index contributed by atoms with van der Waals surface area (Å²) in [6.45, 7) is 1.90. The zero-order valence-corrected chi connectivity index (χ0v) is 11.8. The van der Waals surface area contributed by atoms with Crippen LogP contribution in [0.1, 0.15) is 25.7 Å². The van der Waals surface area contributed by atoms with Crippen molar-refractivity contribution in [3.8, 4) is 5.75 Å². The molecule has 1 amide bonds. The molecule has 2 aliphatic carbocycles. The lowest BCUT2D eigenvalue weighted by atomic mass is 10.3. The van der Waals surface area contributed by atoms with Crippen molar-refractivity contribution in [2.45, 2.75) is 25.7 Å². The first-order valence-corrected chi connectivity index (χ1v) is 7.47. The summed E-state index contributed by atoms with van der Waals surface area (Å²) in [4.78, 5) is 14.3. The number of carbonyl (C=O) groups is 1. The van der Waals surface area contributed by atoms with Crippen molar-refractivity contribution < 1.29 is 9.53 Å². The van der Waals surface area contributed by atoms with Gasteiger partial charge in [0, 0.05) is 13.1 Å². The van der Waals surface area contributed by atoms with E-state index in [2.05, 4.69) is 0 Å². The Labute approximate surface area is 119 Å². The molecule has 4 nitrogen and oxygen atoms in total. The Kier molecular flexibility index (Phi) is 3.81. The average molecular weight is 274 g/mol. The Hall–Kier alpha value is -1.71. The standard InChI is InChI=1S/C16H22N2O2/c17-14-3-1-2-4-15(14)20-11-16(19)18(9-12-5-6-12)10-13-7-8-13/h1-4,12-13H,5-11,17H2. The lowest BCUT2D eigenvalue weighted by Gasteiger charge is -2.22. The first-order valence-electron chi connectivity index (χ1n) is 7.47. The van der Waals surface area contributed by atoms with Crippen LogP contribution >= 0.6 is 0 Å². The predicted octanol–water partition coefficient (Wildman–Crippen LogP) is 2.30. The van der Waals surface area contributed by atoms with E-state index in [9.17, 15) is 4.79 Å². The lowest BCUT2D eigenvalue weighted by Crippen LogP contribution is -2.38. The Bertz CT molecular complexity index is 467. The van der Waals surface area contributed by atoms with E-state index >= 15 is 0 Å². The van der Waals surface area contributed by atoms with Crippen molar-refractivity contribution in [1.82, 2.24) is 4.90 Å². The van der Waals surface area contributed by atoms with Gasteiger partial charge in [0.1, 0.15) is 5.75 Å². The molecule has 0 bridgehead atoms. The van der Waals surface area contributed by atoms with Crippen LogP contribution in [-0.4, -0.2) is 30.5 Å². The van der Waals surface area contributed by atoms with Crippen LogP contribution in [0.3, 0.4) is 0 Å². The van der Waals surface area contributed by atoms with Gasteiger partial charge in [-0.2, -0.15) is 0 Å². The van der Waals surface area contributed by atoms with Gasteiger partial charge in [-0.15, -0.1) is 0 Å². The molecule has 3 rings (SSSR count). The Morgan fingerprint density at radius 2 is 1.75 bits per heavy atom. The molecule has 0 spiro atoms. The topological polar surface area (TPSA) is 55.6 Å². The maximum Gasteiger partial charge on any atom is 0.260 e. The highest BCUT2D eigenvalue weighted by molar-refractivity contribution is 5.78. The van der Waals surface area contributed by atoms with Crippen LogP contribution in [0.25, 0.3) is 0 Å². The molecule has 2 saturated carbocycles. The summed E-state index contributed by atoms with van der Waals surface area (Å²) in [6.07, 6.45) is 5.06. The quantitative estimate of drug-likeness (QED) is 0.776. The molecule has 4 heteroatoms. The molecule has 20 heavy (non-hydrogen) atoms. The second kappa shape index (κ2) is 5.73. The molecule has 0 radical (unpaired) electrons.